The van der Waals surface area contributed by atoms with Crippen LogP contribution in [-0.4, -0.2) is 29.4 Å². The molecule has 4 aromatic rings. The summed E-state index contributed by atoms with van der Waals surface area (Å²) in [6, 6.07) is 29.6. The molecule has 0 bridgehead atoms. The van der Waals surface area contributed by atoms with Crippen molar-refractivity contribution in [3.05, 3.63) is 107 Å². The predicted molar refractivity (Wildman–Crippen MR) is 141 cm³/mol. The highest BCUT2D eigenvalue weighted by atomic mass is 16.2. The van der Waals surface area contributed by atoms with E-state index < -0.39 is 0 Å². The molecule has 1 aliphatic heterocycles. The first kappa shape index (κ1) is 22.1. The van der Waals surface area contributed by atoms with Crippen molar-refractivity contribution in [2.45, 2.75) is 49.6 Å². The normalized spacial score (nSPS) is 24.0. The van der Waals surface area contributed by atoms with E-state index in [-0.39, 0.29) is 17.0 Å². The SMILES string of the molecule is CNC1(c2ccccc2)CCC2(CC1)c1[nH]c3ccccc3c1CCN2C(=O)Cc1ccccc1. The summed E-state index contributed by atoms with van der Waals surface area (Å²) >= 11 is 0. The quantitative estimate of drug-likeness (QED) is 0.409. The fourth-order valence-electron chi connectivity index (χ4n) is 6.71. The number of benzene rings is 3. The second kappa shape index (κ2) is 8.69. The number of aromatic nitrogens is 1. The van der Waals surface area contributed by atoms with Gasteiger partial charge in [0.05, 0.1) is 12.0 Å². The van der Waals surface area contributed by atoms with Gasteiger partial charge in [0.15, 0.2) is 0 Å². The third-order valence-electron chi connectivity index (χ3n) is 8.62. The van der Waals surface area contributed by atoms with E-state index in [0.717, 1.165) is 44.2 Å². The molecule has 2 heterocycles. The smallest absolute Gasteiger partial charge is 0.227 e. The Hall–Kier alpha value is -3.37. The number of para-hydroxylation sites is 1. The summed E-state index contributed by atoms with van der Waals surface area (Å²) in [5, 5.41) is 4.99. The van der Waals surface area contributed by atoms with Gasteiger partial charge >= 0.3 is 0 Å². The molecule has 35 heavy (non-hydrogen) atoms. The molecule has 4 nitrogen and oxygen atoms in total. The van der Waals surface area contributed by atoms with Gasteiger partial charge in [-0.3, -0.25) is 4.79 Å². The lowest BCUT2D eigenvalue weighted by atomic mass is 9.65. The van der Waals surface area contributed by atoms with Crippen LogP contribution in [-0.2, 0) is 28.7 Å². The lowest BCUT2D eigenvalue weighted by Gasteiger charge is -2.53. The highest BCUT2D eigenvalue weighted by molar-refractivity contribution is 5.87. The number of amides is 1. The largest absolute Gasteiger partial charge is 0.356 e. The number of aromatic amines is 1. The summed E-state index contributed by atoms with van der Waals surface area (Å²) < 4.78 is 0. The lowest BCUT2D eigenvalue weighted by molar-refractivity contribution is -0.141. The van der Waals surface area contributed by atoms with Crippen LogP contribution in [0.25, 0.3) is 10.9 Å². The highest BCUT2D eigenvalue weighted by Gasteiger charge is 2.51. The minimum absolute atomic E-state index is 0.0652. The molecule has 1 aliphatic carbocycles. The fraction of sp³-hybridized carbons (Fsp3) is 0.323. The van der Waals surface area contributed by atoms with Gasteiger partial charge in [-0.15, -0.1) is 0 Å². The molecule has 1 amide bonds. The van der Waals surface area contributed by atoms with Gasteiger partial charge in [-0.25, -0.2) is 0 Å². The molecule has 1 spiro atoms. The van der Waals surface area contributed by atoms with Crippen molar-refractivity contribution in [3.8, 4) is 0 Å². The maximum absolute atomic E-state index is 13.9. The maximum atomic E-state index is 13.9. The molecule has 0 radical (unpaired) electrons. The number of rotatable bonds is 4. The van der Waals surface area contributed by atoms with Crippen LogP contribution in [0.5, 0.6) is 0 Å². The third kappa shape index (κ3) is 3.59. The number of hydrogen-bond acceptors (Lipinski definition) is 2. The van der Waals surface area contributed by atoms with Crippen molar-refractivity contribution >= 4 is 16.8 Å². The van der Waals surface area contributed by atoms with Crippen molar-refractivity contribution in [1.82, 2.24) is 15.2 Å². The molecule has 1 aromatic heterocycles. The van der Waals surface area contributed by atoms with E-state index in [9.17, 15) is 4.79 Å². The van der Waals surface area contributed by atoms with Gasteiger partial charge < -0.3 is 15.2 Å². The Labute approximate surface area is 207 Å². The zero-order valence-corrected chi connectivity index (χ0v) is 20.4. The van der Waals surface area contributed by atoms with Crippen LogP contribution in [0.2, 0.25) is 0 Å². The Morgan fingerprint density at radius 3 is 2.26 bits per heavy atom. The Kier molecular flexibility index (Phi) is 5.49. The summed E-state index contributed by atoms with van der Waals surface area (Å²) in [4.78, 5) is 19.9. The first-order chi connectivity index (χ1) is 17.2. The van der Waals surface area contributed by atoms with E-state index in [1.54, 1.807) is 0 Å². The third-order valence-corrected chi connectivity index (χ3v) is 8.62. The van der Waals surface area contributed by atoms with E-state index in [2.05, 4.69) is 89.0 Å². The highest BCUT2D eigenvalue weighted by Crippen LogP contribution is 2.52. The van der Waals surface area contributed by atoms with Crippen molar-refractivity contribution in [1.29, 1.82) is 0 Å². The summed E-state index contributed by atoms with van der Waals surface area (Å²) in [5.41, 5.74) is 5.91. The standard InChI is InChI=1S/C31H33N3O/c1-32-30(24-12-6-3-7-13-24)17-19-31(20-18-30)29-26(25-14-8-9-15-27(25)33-29)16-21-34(31)28(35)22-23-10-4-2-5-11-23/h2-15,32-33H,16-22H2,1H3. The van der Waals surface area contributed by atoms with E-state index in [0.29, 0.717) is 6.42 Å². The van der Waals surface area contributed by atoms with Crippen LogP contribution in [0.4, 0.5) is 0 Å². The average molecular weight is 464 g/mol. The predicted octanol–water partition coefficient (Wildman–Crippen LogP) is 5.68. The first-order valence-electron chi connectivity index (χ1n) is 12.8. The van der Waals surface area contributed by atoms with Crippen molar-refractivity contribution in [2.24, 2.45) is 0 Å². The topological polar surface area (TPSA) is 48.1 Å². The van der Waals surface area contributed by atoms with Crippen LogP contribution in [0.1, 0.15) is 48.1 Å². The average Bonchev–Trinajstić information content (AvgIpc) is 3.31. The fourth-order valence-corrected chi connectivity index (χ4v) is 6.71. The first-order valence-corrected chi connectivity index (χ1v) is 12.8. The molecule has 0 unspecified atom stereocenters. The van der Waals surface area contributed by atoms with Crippen molar-refractivity contribution in [3.63, 3.8) is 0 Å². The molecule has 4 heteroatoms. The summed E-state index contributed by atoms with van der Waals surface area (Å²) in [7, 11) is 2.08. The Morgan fingerprint density at radius 2 is 1.54 bits per heavy atom. The maximum Gasteiger partial charge on any atom is 0.227 e. The number of nitrogens with one attached hydrogen (secondary N) is 2. The van der Waals surface area contributed by atoms with Crippen LogP contribution < -0.4 is 5.32 Å². The minimum Gasteiger partial charge on any atom is -0.356 e. The van der Waals surface area contributed by atoms with E-state index in [4.69, 9.17) is 0 Å². The van der Waals surface area contributed by atoms with Gasteiger partial charge in [0.1, 0.15) is 0 Å². The number of carbonyl (C=O) groups excluding carboxylic acids is 1. The van der Waals surface area contributed by atoms with Crippen LogP contribution >= 0.6 is 0 Å². The zero-order valence-electron chi connectivity index (χ0n) is 20.4. The lowest BCUT2D eigenvalue weighted by Crippen LogP contribution is -2.58. The molecule has 178 valence electrons. The van der Waals surface area contributed by atoms with E-state index in [1.165, 1.54) is 27.7 Å². The second-order valence-corrected chi connectivity index (χ2v) is 10.2. The molecular formula is C31H33N3O. The number of hydrogen-bond donors (Lipinski definition) is 2. The summed E-state index contributed by atoms with van der Waals surface area (Å²) in [6.07, 6.45) is 5.19. The zero-order chi connectivity index (χ0) is 23.9. The Morgan fingerprint density at radius 1 is 0.886 bits per heavy atom. The Bertz CT molecular complexity index is 1330. The van der Waals surface area contributed by atoms with E-state index in [1.807, 2.05) is 18.2 Å². The van der Waals surface area contributed by atoms with Crippen LogP contribution in [0.15, 0.2) is 84.9 Å². The number of H-pyrrole nitrogens is 1. The minimum atomic E-state index is -0.298. The Balaban J connectivity index is 1.41. The number of fused-ring (bicyclic) bond motifs is 4. The molecule has 1 fully saturated rings. The van der Waals surface area contributed by atoms with Gasteiger partial charge in [-0.1, -0.05) is 78.9 Å². The molecular weight excluding hydrogens is 430 g/mol. The number of nitrogens with zero attached hydrogens (tertiary/aromatic N) is 1. The molecule has 2 N–H and O–H groups in total. The molecule has 3 aromatic carbocycles. The van der Waals surface area contributed by atoms with Gasteiger partial charge in [-0.2, -0.15) is 0 Å². The van der Waals surface area contributed by atoms with Crippen LogP contribution in [0, 0.1) is 0 Å². The molecule has 0 saturated heterocycles. The van der Waals surface area contributed by atoms with Crippen LogP contribution in [0.3, 0.4) is 0 Å². The summed E-state index contributed by atoms with van der Waals surface area (Å²) in [5.74, 6) is 0.233. The monoisotopic (exact) mass is 463 g/mol. The van der Waals surface area contributed by atoms with Gasteiger partial charge in [0.2, 0.25) is 5.91 Å². The van der Waals surface area contributed by atoms with E-state index >= 15 is 0 Å². The number of carbonyl (C=O) groups is 1. The molecule has 2 aliphatic rings. The summed E-state index contributed by atoms with van der Waals surface area (Å²) in [6.45, 7) is 0.776. The van der Waals surface area contributed by atoms with Gasteiger partial charge in [-0.05, 0) is 61.9 Å². The van der Waals surface area contributed by atoms with Gasteiger partial charge in [0.25, 0.3) is 0 Å². The molecule has 6 rings (SSSR count). The molecule has 0 atom stereocenters. The van der Waals surface area contributed by atoms with Crippen molar-refractivity contribution in [2.75, 3.05) is 13.6 Å². The second-order valence-electron chi connectivity index (χ2n) is 10.2. The van der Waals surface area contributed by atoms with Gasteiger partial charge in [0, 0.05) is 28.7 Å². The molecule has 1 saturated carbocycles. The van der Waals surface area contributed by atoms with Crippen molar-refractivity contribution < 1.29 is 4.79 Å².